The van der Waals surface area contributed by atoms with Crippen molar-refractivity contribution in [2.24, 2.45) is 0 Å². The van der Waals surface area contributed by atoms with E-state index < -0.39 is 0 Å². The third kappa shape index (κ3) is 3.42. The van der Waals surface area contributed by atoms with Crippen LogP contribution in [0.1, 0.15) is 10.4 Å². The molecule has 0 spiro atoms. The highest BCUT2D eigenvalue weighted by Crippen LogP contribution is 2.13. The maximum Gasteiger partial charge on any atom is 0.256 e. The molecule has 2 aromatic rings. The molecule has 0 aliphatic rings. The molecule has 0 radical (unpaired) electrons. The third-order valence-electron chi connectivity index (χ3n) is 2.52. The SMILES string of the molecule is CN(C)c1ccc(C(=O)Nc2ccc(Cl)nn2)cc1. The second-order valence-electron chi connectivity index (χ2n) is 4.14. The molecule has 6 heteroatoms. The molecule has 1 aromatic heterocycles. The zero-order valence-electron chi connectivity index (χ0n) is 10.6. The van der Waals surface area contributed by atoms with Gasteiger partial charge in [0, 0.05) is 25.3 Å². The van der Waals surface area contributed by atoms with Gasteiger partial charge in [-0.15, -0.1) is 10.2 Å². The predicted molar refractivity (Wildman–Crippen MR) is 75.8 cm³/mol. The minimum absolute atomic E-state index is 0.234. The van der Waals surface area contributed by atoms with Gasteiger partial charge in [-0.2, -0.15) is 0 Å². The zero-order valence-corrected chi connectivity index (χ0v) is 11.3. The topological polar surface area (TPSA) is 58.1 Å². The van der Waals surface area contributed by atoms with Gasteiger partial charge >= 0.3 is 0 Å². The molecule has 1 aromatic carbocycles. The standard InChI is InChI=1S/C13H13ClN4O/c1-18(2)10-5-3-9(4-6-10)13(19)15-12-8-7-11(14)16-17-12/h3-8H,1-2H3,(H,15,17,19). The van der Waals surface area contributed by atoms with Crippen LogP contribution in [0.3, 0.4) is 0 Å². The highest BCUT2D eigenvalue weighted by Gasteiger charge is 2.07. The molecule has 1 N–H and O–H groups in total. The van der Waals surface area contributed by atoms with Crippen LogP contribution in [0.4, 0.5) is 11.5 Å². The monoisotopic (exact) mass is 276 g/mol. The van der Waals surface area contributed by atoms with Gasteiger partial charge in [-0.3, -0.25) is 4.79 Å². The van der Waals surface area contributed by atoms with Gasteiger partial charge in [-0.05, 0) is 36.4 Å². The molecule has 0 unspecified atom stereocenters. The Bertz CT molecular complexity index is 566. The summed E-state index contributed by atoms with van der Waals surface area (Å²) in [6, 6.07) is 10.4. The molecule has 0 aliphatic heterocycles. The van der Waals surface area contributed by atoms with Crippen molar-refractivity contribution in [3.8, 4) is 0 Å². The molecule has 0 bridgehead atoms. The molecular weight excluding hydrogens is 264 g/mol. The number of anilines is 2. The molecule has 19 heavy (non-hydrogen) atoms. The number of benzene rings is 1. The summed E-state index contributed by atoms with van der Waals surface area (Å²) in [4.78, 5) is 13.9. The van der Waals surface area contributed by atoms with Crippen LogP contribution in [0.15, 0.2) is 36.4 Å². The van der Waals surface area contributed by atoms with E-state index in [2.05, 4.69) is 15.5 Å². The minimum atomic E-state index is -0.234. The molecule has 0 fully saturated rings. The summed E-state index contributed by atoms with van der Waals surface area (Å²) in [5, 5.41) is 10.4. The molecule has 0 saturated heterocycles. The Morgan fingerprint density at radius 2 is 1.79 bits per heavy atom. The quantitative estimate of drug-likeness (QED) is 0.935. The van der Waals surface area contributed by atoms with E-state index in [1.807, 2.05) is 31.1 Å². The maximum atomic E-state index is 12.0. The first kappa shape index (κ1) is 13.3. The van der Waals surface area contributed by atoms with Crippen LogP contribution in [0, 0.1) is 0 Å². The van der Waals surface area contributed by atoms with E-state index in [0.29, 0.717) is 11.4 Å². The van der Waals surface area contributed by atoms with Gasteiger partial charge < -0.3 is 10.2 Å². The number of aromatic nitrogens is 2. The molecule has 1 amide bonds. The van der Waals surface area contributed by atoms with Gasteiger partial charge in [0.25, 0.3) is 5.91 Å². The van der Waals surface area contributed by atoms with E-state index in [0.717, 1.165) is 5.69 Å². The van der Waals surface area contributed by atoms with E-state index in [-0.39, 0.29) is 11.1 Å². The second kappa shape index (κ2) is 5.67. The number of hydrogen-bond donors (Lipinski definition) is 1. The largest absolute Gasteiger partial charge is 0.378 e. The summed E-state index contributed by atoms with van der Waals surface area (Å²) in [6.07, 6.45) is 0. The lowest BCUT2D eigenvalue weighted by Crippen LogP contribution is -2.14. The lowest BCUT2D eigenvalue weighted by molar-refractivity contribution is 0.102. The number of rotatable bonds is 3. The fourth-order valence-electron chi connectivity index (χ4n) is 1.48. The fourth-order valence-corrected chi connectivity index (χ4v) is 1.58. The van der Waals surface area contributed by atoms with Gasteiger partial charge in [0.05, 0.1) is 0 Å². The summed E-state index contributed by atoms with van der Waals surface area (Å²) in [6.45, 7) is 0. The first-order valence-corrected chi connectivity index (χ1v) is 6.02. The molecule has 98 valence electrons. The number of amides is 1. The van der Waals surface area contributed by atoms with Crippen molar-refractivity contribution >= 4 is 29.0 Å². The Morgan fingerprint density at radius 1 is 1.11 bits per heavy atom. The lowest BCUT2D eigenvalue weighted by Gasteiger charge is -2.12. The first-order chi connectivity index (χ1) is 9.06. The molecule has 1 heterocycles. The average Bonchev–Trinajstić information content (AvgIpc) is 2.41. The minimum Gasteiger partial charge on any atom is -0.378 e. The first-order valence-electron chi connectivity index (χ1n) is 5.64. The van der Waals surface area contributed by atoms with Crippen LogP contribution in [0.5, 0.6) is 0 Å². The van der Waals surface area contributed by atoms with Crippen molar-refractivity contribution in [2.75, 3.05) is 24.3 Å². The van der Waals surface area contributed by atoms with Gasteiger partial charge in [0.2, 0.25) is 0 Å². The number of nitrogens with zero attached hydrogens (tertiary/aromatic N) is 3. The summed E-state index contributed by atoms with van der Waals surface area (Å²) in [5.74, 6) is 0.132. The average molecular weight is 277 g/mol. The van der Waals surface area contributed by atoms with Crippen molar-refractivity contribution in [2.45, 2.75) is 0 Å². The van der Waals surface area contributed by atoms with E-state index in [1.165, 1.54) is 0 Å². The molecule has 0 atom stereocenters. The number of halogens is 1. The Morgan fingerprint density at radius 3 is 2.32 bits per heavy atom. The van der Waals surface area contributed by atoms with E-state index in [4.69, 9.17) is 11.6 Å². The van der Waals surface area contributed by atoms with Crippen LogP contribution in [0.2, 0.25) is 5.15 Å². The van der Waals surface area contributed by atoms with Crippen molar-refractivity contribution in [1.82, 2.24) is 10.2 Å². The molecule has 5 nitrogen and oxygen atoms in total. The Labute approximate surface area is 116 Å². The Hall–Kier alpha value is -2.14. The highest BCUT2D eigenvalue weighted by molar-refractivity contribution is 6.29. The Balaban J connectivity index is 2.09. The van der Waals surface area contributed by atoms with Crippen molar-refractivity contribution in [3.63, 3.8) is 0 Å². The third-order valence-corrected chi connectivity index (χ3v) is 2.72. The maximum absolute atomic E-state index is 12.0. The molecule has 0 aliphatic carbocycles. The number of carbonyl (C=O) groups excluding carboxylic acids is 1. The molecular formula is C13H13ClN4O. The van der Waals surface area contributed by atoms with E-state index >= 15 is 0 Å². The van der Waals surface area contributed by atoms with Crippen LogP contribution < -0.4 is 10.2 Å². The van der Waals surface area contributed by atoms with E-state index in [9.17, 15) is 4.79 Å². The fraction of sp³-hybridized carbons (Fsp3) is 0.154. The number of hydrogen-bond acceptors (Lipinski definition) is 4. The van der Waals surface area contributed by atoms with Gasteiger partial charge in [-0.25, -0.2) is 0 Å². The van der Waals surface area contributed by atoms with Crippen LogP contribution in [0.25, 0.3) is 0 Å². The number of nitrogens with one attached hydrogen (secondary N) is 1. The Kier molecular flexibility index (Phi) is 3.97. The molecule has 0 saturated carbocycles. The van der Waals surface area contributed by atoms with Crippen molar-refractivity contribution < 1.29 is 4.79 Å². The predicted octanol–water partition coefficient (Wildman–Crippen LogP) is 2.45. The molecule has 2 rings (SSSR count). The summed E-state index contributed by atoms with van der Waals surface area (Å²) < 4.78 is 0. The lowest BCUT2D eigenvalue weighted by atomic mass is 10.2. The van der Waals surface area contributed by atoms with Crippen LogP contribution in [-0.4, -0.2) is 30.2 Å². The van der Waals surface area contributed by atoms with Gasteiger partial charge in [0.15, 0.2) is 11.0 Å². The van der Waals surface area contributed by atoms with Gasteiger partial charge in [0.1, 0.15) is 0 Å². The summed E-state index contributed by atoms with van der Waals surface area (Å²) in [5.41, 5.74) is 1.59. The highest BCUT2D eigenvalue weighted by atomic mass is 35.5. The zero-order chi connectivity index (χ0) is 13.8. The number of carbonyl (C=O) groups is 1. The van der Waals surface area contributed by atoms with Crippen LogP contribution >= 0.6 is 11.6 Å². The van der Waals surface area contributed by atoms with Crippen molar-refractivity contribution in [1.29, 1.82) is 0 Å². The summed E-state index contributed by atoms with van der Waals surface area (Å²) >= 11 is 5.62. The van der Waals surface area contributed by atoms with E-state index in [1.54, 1.807) is 24.3 Å². The summed E-state index contributed by atoms with van der Waals surface area (Å²) in [7, 11) is 3.89. The van der Waals surface area contributed by atoms with Crippen molar-refractivity contribution in [3.05, 3.63) is 47.1 Å². The van der Waals surface area contributed by atoms with Gasteiger partial charge in [-0.1, -0.05) is 11.6 Å². The van der Waals surface area contributed by atoms with Crippen LogP contribution in [-0.2, 0) is 0 Å². The smallest absolute Gasteiger partial charge is 0.256 e. The normalized spacial score (nSPS) is 10.1. The second-order valence-corrected chi connectivity index (χ2v) is 4.52.